The van der Waals surface area contributed by atoms with E-state index in [2.05, 4.69) is 22.1 Å². The second-order valence-corrected chi connectivity index (χ2v) is 6.90. The molecule has 5 atom stereocenters. The molecular formula is C18H18N4O2. The highest BCUT2D eigenvalue weighted by Crippen LogP contribution is 2.54. The van der Waals surface area contributed by atoms with Gasteiger partial charge in [-0.05, 0) is 37.3 Å². The number of allylic oxidation sites excluding steroid dienone is 1. The molecule has 5 rings (SSSR count). The Kier molecular flexibility index (Phi) is 2.69. The Hall–Kier alpha value is -2.63. The Bertz CT molecular complexity index is 827. The number of aliphatic hydroxyl groups excluding tert-OH is 2. The van der Waals surface area contributed by atoms with Crippen LogP contribution in [0.15, 0.2) is 58.0 Å². The van der Waals surface area contributed by atoms with Crippen molar-refractivity contribution in [3.05, 3.63) is 53.7 Å². The van der Waals surface area contributed by atoms with Gasteiger partial charge in [-0.3, -0.25) is 9.88 Å². The van der Waals surface area contributed by atoms with E-state index in [0.717, 1.165) is 12.1 Å². The largest absolute Gasteiger partial charge is 0.494 e. The Morgan fingerprint density at radius 1 is 1.17 bits per heavy atom. The summed E-state index contributed by atoms with van der Waals surface area (Å²) >= 11 is 0. The molecule has 0 amide bonds. The summed E-state index contributed by atoms with van der Waals surface area (Å²) < 4.78 is 0. The van der Waals surface area contributed by atoms with Gasteiger partial charge in [-0.15, -0.1) is 0 Å². The zero-order valence-electron chi connectivity index (χ0n) is 13.2. The summed E-state index contributed by atoms with van der Waals surface area (Å²) in [5.41, 5.74) is 1.32. The first kappa shape index (κ1) is 13.8. The lowest BCUT2D eigenvalue weighted by Gasteiger charge is -2.45. The summed E-state index contributed by atoms with van der Waals surface area (Å²) in [5.74, 6) is 1.33. The van der Waals surface area contributed by atoms with Crippen LogP contribution in [0, 0.1) is 17.8 Å². The summed E-state index contributed by atoms with van der Waals surface area (Å²) in [5, 5.41) is 20.6. The molecule has 0 spiro atoms. The second kappa shape index (κ2) is 4.69. The van der Waals surface area contributed by atoms with Crippen molar-refractivity contribution in [3.8, 4) is 0 Å². The number of rotatable bonds is 1. The predicted molar refractivity (Wildman–Crippen MR) is 89.7 cm³/mol. The van der Waals surface area contributed by atoms with E-state index in [1.165, 1.54) is 0 Å². The number of aliphatic hydroxyl groups is 2. The highest BCUT2D eigenvalue weighted by Gasteiger charge is 2.55. The Morgan fingerprint density at radius 3 is 2.79 bits per heavy atom. The molecule has 6 nitrogen and oxygen atoms in total. The standard InChI is InChI=1S/C18H18N4O2/c1-9-16(23)21-18-20-14(12-4-2-3-7-19-12)13-10-5-6-11(8-10)15(13)22(18)17(9)24/h2-7,10-11,13-15,24H,8H2,1H3,(H,20,21,23). The lowest BCUT2D eigenvalue weighted by molar-refractivity contribution is 0.134. The van der Waals surface area contributed by atoms with E-state index < -0.39 is 0 Å². The van der Waals surface area contributed by atoms with E-state index in [4.69, 9.17) is 4.99 Å². The summed E-state index contributed by atoms with van der Waals surface area (Å²) in [6, 6.07) is 5.85. The molecule has 2 aliphatic carbocycles. The minimum Gasteiger partial charge on any atom is -0.494 e. The molecule has 122 valence electrons. The monoisotopic (exact) mass is 322 g/mol. The number of guanidine groups is 1. The van der Waals surface area contributed by atoms with Gasteiger partial charge in [0.2, 0.25) is 17.7 Å². The van der Waals surface area contributed by atoms with Crippen LogP contribution in [0.25, 0.3) is 0 Å². The van der Waals surface area contributed by atoms with Gasteiger partial charge in [-0.1, -0.05) is 18.2 Å². The van der Waals surface area contributed by atoms with E-state index in [0.29, 0.717) is 23.4 Å². The molecule has 1 saturated carbocycles. The van der Waals surface area contributed by atoms with Crippen molar-refractivity contribution >= 4 is 11.9 Å². The molecule has 1 aromatic rings. The van der Waals surface area contributed by atoms with Crippen molar-refractivity contribution in [2.45, 2.75) is 25.4 Å². The van der Waals surface area contributed by atoms with Crippen molar-refractivity contribution in [1.82, 2.24) is 9.88 Å². The first-order valence-corrected chi connectivity index (χ1v) is 8.29. The number of nitrogens with zero attached hydrogens (tertiary/aromatic N) is 4. The lowest BCUT2D eigenvalue weighted by atomic mass is 9.79. The number of aliphatic imine (C=N–C) groups is 2. The zero-order valence-corrected chi connectivity index (χ0v) is 13.2. The van der Waals surface area contributed by atoms with Gasteiger partial charge in [-0.2, -0.15) is 4.99 Å². The van der Waals surface area contributed by atoms with E-state index in [1.54, 1.807) is 13.1 Å². The fourth-order valence-electron chi connectivity index (χ4n) is 4.62. The van der Waals surface area contributed by atoms with Crippen LogP contribution in [0.4, 0.5) is 0 Å². The van der Waals surface area contributed by atoms with Gasteiger partial charge in [0.15, 0.2) is 0 Å². The predicted octanol–water partition coefficient (Wildman–Crippen LogP) is 2.74. The maximum Gasteiger partial charge on any atom is 0.231 e. The zero-order chi connectivity index (χ0) is 16.4. The van der Waals surface area contributed by atoms with Crippen LogP contribution in [0.3, 0.4) is 0 Å². The first-order valence-electron chi connectivity index (χ1n) is 8.29. The van der Waals surface area contributed by atoms with Crippen molar-refractivity contribution in [1.29, 1.82) is 0 Å². The SMILES string of the molecule is CC1=C(O)N2C(=NC(c3ccccn3)C3C4C=CC(C4)C32)N=C1O. The molecule has 2 N–H and O–H groups in total. The molecule has 3 heterocycles. The molecule has 4 aliphatic rings. The molecule has 1 fully saturated rings. The van der Waals surface area contributed by atoms with Gasteiger partial charge in [0, 0.05) is 12.1 Å². The molecule has 24 heavy (non-hydrogen) atoms. The van der Waals surface area contributed by atoms with Crippen LogP contribution in [-0.2, 0) is 0 Å². The van der Waals surface area contributed by atoms with Gasteiger partial charge in [0.1, 0.15) is 6.04 Å². The molecule has 2 bridgehead atoms. The fraction of sp³-hybridized carbons (Fsp3) is 0.389. The van der Waals surface area contributed by atoms with Gasteiger partial charge in [-0.25, -0.2) is 4.99 Å². The molecular weight excluding hydrogens is 304 g/mol. The first-order chi connectivity index (χ1) is 11.6. The number of fused-ring (bicyclic) bond motifs is 7. The quantitative estimate of drug-likeness (QED) is 0.779. The van der Waals surface area contributed by atoms with Crippen LogP contribution in [0.2, 0.25) is 0 Å². The lowest BCUT2D eigenvalue weighted by Crippen LogP contribution is -2.52. The number of aromatic nitrogens is 1. The summed E-state index contributed by atoms with van der Waals surface area (Å²) in [7, 11) is 0. The van der Waals surface area contributed by atoms with Crippen LogP contribution in [-0.4, -0.2) is 38.0 Å². The minimum atomic E-state index is -0.167. The maximum atomic E-state index is 10.6. The summed E-state index contributed by atoms with van der Waals surface area (Å²) in [4.78, 5) is 15.3. The van der Waals surface area contributed by atoms with Crippen LogP contribution >= 0.6 is 0 Å². The Morgan fingerprint density at radius 2 is 2.00 bits per heavy atom. The van der Waals surface area contributed by atoms with Gasteiger partial charge in [0.25, 0.3) is 0 Å². The van der Waals surface area contributed by atoms with E-state index in [-0.39, 0.29) is 29.8 Å². The van der Waals surface area contributed by atoms with Crippen molar-refractivity contribution in [2.75, 3.05) is 0 Å². The second-order valence-electron chi connectivity index (χ2n) is 6.90. The molecule has 6 heteroatoms. The number of pyridine rings is 1. The van der Waals surface area contributed by atoms with Crippen molar-refractivity contribution in [2.24, 2.45) is 27.7 Å². The van der Waals surface area contributed by atoms with E-state index in [1.807, 2.05) is 23.1 Å². The smallest absolute Gasteiger partial charge is 0.231 e. The highest BCUT2D eigenvalue weighted by atomic mass is 16.3. The van der Waals surface area contributed by atoms with Crippen molar-refractivity contribution in [3.63, 3.8) is 0 Å². The average Bonchev–Trinajstić information content (AvgIpc) is 3.22. The average molecular weight is 322 g/mol. The van der Waals surface area contributed by atoms with Crippen LogP contribution in [0.5, 0.6) is 0 Å². The van der Waals surface area contributed by atoms with Gasteiger partial charge >= 0.3 is 0 Å². The highest BCUT2D eigenvalue weighted by molar-refractivity contribution is 6.04. The molecule has 0 aromatic carbocycles. The summed E-state index contributed by atoms with van der Waals surface area (Å²) in [6.45, 7) is 1.67. The van der Waals surface area contributed by atoms with E-state index >= 15 is 0 Å². The third-order valence-corrected chi connectivity index (χ3v) is 5.71. The maximum absolute atomic E-state index is 10.6. The third kappa shape index (κ3) is 1.68. The Labute approximate surface area is 139 Å². The molecule has 1 aromatic heterocycles. The minimum absolute atomic E-state index is 0.0664. The third-order valence-electron chi connectivity index (χ3n) is 5.71. The van der Waals surface area contributed by atoms with Gasteiger partial charge < -0.3 is 10.2 Å². The van der Waals surface area contributed by atoms with Gasteiger partial charge in [0.05, 0.1) is 17.3 Å². The molecule has 2 aliphatic heterocycles. The van der Waals surface area contributed by atoms with Crippen LogP contribution < -0.4 is 0 Å². The Balaban J connectivity index is 1.69. The van der Waals surface area contributed by atoms with Crippen LogP contribution in [0.1, 0.15) is 25.1 Å². The summed E-state index contributed by atoms with van der Waals surface area (Å²) in [6.07, 6.45) is 7.37. The topological polar surface area (TPSA) is 81.3 Å². The molecule has 0 radical (unpaired) electrons. The van der Waals surface area contributed by atoms with Crippen molar-refractivity contribution < 1.29 is 10.2 Å². The fourth-order valence-corrected chi connectivity index (χ4v) is 4.62. The normalized spacial score (nSPS) is 36.4. The van der Waals surface area contributed by atoms with E-state index in [9.17, 15) is 10.2 Å². The number of hydrogen-bond acceptors (Lipinski definition) is 5. The number of hydrogen-bond donors (Lipinski definition) is 2. The molecule has 5 unspecified atom stereocenters. The molecule has 0 saturated heterocycles.